The van der Waals surface area contributed by atoms with Crippen LogP contribution in [-0.2, 0) is 16.6 Å². The van der Waals surface area contributed by atoms with Crippen molar-refractivity contribution in [2.45, 2.75) is 45.4 Å². The highest BCUT2D eigenvalue weighted by atomic mass is 32.1. The van der Waals surface area contributed by atoms with E-state index in [1.807, 2.05) is 18.2 Å². The summed E-state index contributed by atoms with van der Waals surface area (Å²) in [5.74, 6) is -0.555. The van der Waals surface area contributed by atoms with Crippen LogP contribution in [0, 0.1) is 0 Å². The Morgan fingerprint density at radius 3 is 2.64 bits per heavy atom. The molecule has 1 heterocycles. The highest BCUT2D eigenvalue weighted by Gasteiger charge is 2.37. The van der Waals surface area contributed by atoms with Gasteiger partial charge in [-0.15, -0.1) is 11.3 Å². The van der Waals surface area contributed by atoms with Crippen LogP contribution in [0.2, 0.25) is 0 Å². The van der Waals surface area contributed by atoms with Crippen LogP contribution in [0.25, 0.3) is 0 Å². The molecule has 0 fully saturated rings. The molecule has 0 unspecified atom stereocenters. The van der Waals surface area contributed by atoms with Gasteiger partial charge in [-0.1, -0.05) is 32.0 Å². The van der Waals surface area contributed by atoms with Gasteiger partial charge < -0.3 is 10.1 Å². The highest BCUT2D eigenvalue weighted by molar-refractivity contribution is 7.17. The Balaban J connectivity index is 2.03. The van der Waals surface area contributed by atoms with E-state index in [9.17, 15) is 9.59 Å². The Kier molecular flexibility index (Phi) is 4.95. The first-order valence-electron chi connectivity index (χ1n) is 8.63. The van der Waals surface area contributed by atoms with Gasteiger partial charge in [-0.2, -0.15) is 0 Å². The van der Waals surface area contributed by atoms with Gasteiger partial charge >= 0.3 is 5.97 Å². The van der Waals surface area contributed by atoms with Gasteiger partial charge in [0.05, 0.1) is 12.2 Å². The predicted octanol–water partition coefficient (Wildman–Crippen LogP) is 4.79. The average molecular weight is 357 g/mol. The summed E-state index contributed by atoms with van der Waals surface area (Å²) in [4.78, 5) is 26.4. The molecule has 1 aliphatic carbocycles. The maximum absolute atomic E-state index is 12.6. The van der Waals surface area contributed by atoms with Crippen LogP contribution < -0.4 is 5.32 Å². The molecule has 0 saturated heterocycles. The molecule has 0 aliphatic heterocycles. The van der Waals surface area contributed by atoms with E-state index >= 15 is 0 Å². The number of hydrogen-bond acceptors (Lipinski definition) is 4. The normalized spacial score (nSPS) is 15.3. The number of anilines is 1. The minimum absolute atomic E-state index is 0.0953. The van der Waals surface area contributed by atoms with E-state index in [-0.39, 0.29) is 17.3 Å². The fourth-order valence-corrected chi connectivity index (χ4v) is 4.84. The Morgan fingerprint density at radius 1 is 1.24 bits per heavy atom. The summed E-state index contributed by atoms with van der Waals surface area (Å²) >= 11 is 1.51. The van der Waals surface area contributed by atoms with Crippen LogP contribution >= 0.6 is 11.3 Å². The lowest BCUT2D eigenvalue weighted by molar-refractivity contribution is 0.0524. The lowest BCUT2D eigenvalue weighted by atomic mass is 9.74. The zero-order chi connectivity index (χ0) is 18.0. The second-order valence-corrected chi connectivity index (χ2v) is 7.99. The quantitative estimate of drug-likeness (QED) is 0.800. The Labute approximate surface area is 152 Å². The van der Waals surface area contributed by atoms with Crippen LogP contribution in [0.1, 0.15) is 64.8 Å². The number of benzene rings is 1. The van der Waals surface area contributed by atoms with Crippen molar-refractivity contribution in [3.8, 4) is 0 Å². The van der Waals surface area contributed by atoms with Gasteiger partial charge in [-0.3, -0.25) is 4.79 Å². The largest absolute Gasteiger partial charge is 0.462 e. The van der Waals surface area contributed by atoms with Crippen molar-refractivity contribution in [3.05, 3.63) is 51.9 Å². The van der Waals surface area contributed by atoms with E-state index in [0.29, 0.717) is 22.7 Å². The number of hydrogen-bond donors (Lipinski definition) is 1. The molecule has 0 spiro atoms. The van der Waals surface area contributed by atoms with Crippen molar-refractivity contribution >= 4 is 28.2 Å². The standard InChI is InChI=1S/C20H23NO3S/c1-4-24-19(23)15-16-14(11-8-12-20(16,2)3)25-18(15)21-17(22)13-9-6-5-7-10-13/h5-7,9-10H,4,8,11-12H2,1-3H3,(H,21,22). The van der Waals surface area contributed by atoms with Gasteiger partial charge in [0.25, 0.3) is 5.91 Å². The number of fused-ring (bicyclic) bond motifs is 1. The maximum atomic E-state index is 12.6. The number of ether oxygens (including phenoxy) is 1. The van der Waals surface area contributed by atoms with Gasteiger partial charge in [0.1, 0.15) is 5.00 Å². The fraction of sp³-hybridized carbons (Fsp3) is 0.400. The first-order chi connectivity index (χ1) is 11.9. The van der Waals surface area contributed by atoms with Crippen LogP contribution in [0.15, 0.2) is 30.3 Å². The number of thiophene rings is 1. The smallest absolute Gasteiger partial charge is 0.341 e. The lowest BCUT2D eigenvalue weighted by Gasteiger charge is -2.30. The van der Waals surface area contributed by atoms with Gasteiger partial charge in [0.15, 0.2) is 0 Å². The van der Waals surface area contributed by atoms with Gasteiger partial charge in [-0.05, 0) is 49.3 Å². The van der Waals surface area contributed by atoms with E-state index in [1.54, 1.807) is 19.1 Å². The number of aryl methyl sites for hydroxylation is 1. The third kappa shape index (κ3) is 3.47. The van der Waals surface area contributed by atoms with Crippen molar-refractivity contribution in [2.24, 2.45) is 0 Å². The molecule has 3 rings (SSSR count). The lowest BCUT2D eigenvalue weighted by Crippen LogP contribution is -2.26. The molecule has 1 aliphatic rings. The van der Waals surface area contributed by atoms with Gasteiger partial charge in [0.2, 0.25) is 0 Å². The predicted molar refractivity (Wildman–Crippen MR) is 101 cm³/mol. The molecule has 0 atom stereocenters. The molecule has 0 saturated carbocycles. The van der Waals surface area contributed by atoms with E-state index in [1.165, 1.54) is 16.2 Å². The topological polar surface area (TPSA) is 55.4 Å². The summed E-state index contributed by atoms with van der Waals surface area (Å²) in [5.41, 5.74) is 2.06. The maximum Gasteiger partial charge on any atom is 0.341 e. The molecule has 1 aromatic heterocycles. The average Bonchev–Trinajstić information content (AvgIpc) is 2.95. The first-order valence-corrected chi connectivity index (χ1v) is 9.45. The summed E-state index contributed by atoms with van der Waals surface area (Å²) in [6, 6.07) is 9.04. The molecule has 4 nitrogen and oxygen atoms in total. The molecular formula is C20H23NO3S. The molecule has 132 valence electrons. The van der Waals surface area contributed by atoms with Crippen molar-refractivity contribution < 1.29 is 14.3 Å². The molecule has 5 heteroatoms. The van der Waals surface area contributed by atoms with Crippen molar-refractivity contribution in [2.75, 3.05) is 11.9 Å². The van der Waals surface area contributed by atoms with Crippen molar-refractivity contribution in [3.63, 3.8) is 0 Å². The highest BCUT2D eigenvalue weighted by Crippen LogP contribution is 2.46. The van der Waals surface area contributed by atoms with Crippen LogP contribution in [0.4, 0.5) is 5.00 Å². The molecule has 2 aromatic rings. The molecule has 1 aromatic carbocycles. The Hall–Kier alpha value is -2.14. The van der Waals surface area contributed by atoms with E-state index < -0.39 is 0 Å². The SMILES string of the molecule is CCOC(=O)c1c(NC(=O)c2ccccc2)sc2c1C(C)(C)CCC2. The first kappa shape index (κ1) is 17.7. The van der Waals surface area contributed by atoms with E-state index in [4.69, 9.17) is 4.74 Å². The van der Waals surface area contributed by atoms with Crippen LogP contribution in [0.3, 0.4) is 0 Å². The Bertz CT molecular complexity index is 793. The summed E-state index contributed by atoms with van der Waals surface area (Å²) in [5, 5.41) is 3.54. The molecule has 1 amide bonds. The fourth-order valence-electron chi connectivity index (χ4n) is 3.44. The second kappa shape index (κ2) is 7.00. The molecule has 25 heavy (non-hydrogen) atoms. The van der Waals surface area contributed by atoms with Crippen molar-refractivity contribution in [1.82, 2.24) is 0 Å². The summed E-state index contributed by atoms with van der Waals surface area (Å²) in [7, 11) is 0. The summed E-state index contributed by atoms with van der Waals surface area (Å²) < 4.78 is 5.29. The molecular weight excluding hydrogens is 334 g/mol. The zero-order valence-corrected chi connectivity index (χ0v) is 15.7. The second-order valence-electron chi connectivity index (χ2n) is 6.88. The molecule has 1 N–H and O–H groups in total. The van der Waals surface area contributed by atoms with Gasteiger partial charge in [-0.25, -0.2) is 4.79 Å². The van der Waals surface area contributed by atoms with E-state index in [2.05, 4.69) is 19.2 Å². The third-order valence-corrected chi connectivity index (χ3v) is 5.77. The van der Waals surface area contributed by atoms with Crippen LogP contribution in [0.5, 0.6) is 0 Å². The minimum Gasteiger partial charge on any atom is -0.462 e. The van der Waals surface area contributed by atoms with Gasteiger partial charge in [0, 0.05) is 10.4 Å². The van der Waals surface area contributed by atoms with Crippen molar-refractivity contribution in [1.29, 1.82) is 0 Å². The summed E-state index contributed by atoms with van der Waals surface area (Å²) in [6.07, 6.45) is 3.06. The zero-order valence-electron chi connectivity index (χ0n) is 14.8. The number of carbonyl (C=O) groups excluding carboxylic acids is 2. The monoisotopic (exact) mass is 357 g/mol. The number of esters is 1. The summed E-state index contributed by atoms with van der Waals surface area (Å²) in [6.45, 7) is 6.42. The minimum atomic E-state index is -0.349. The van der Waals surface area contributed by atoms with Crippen LogP contribution in [-0.4, -0.2) is 18.5 Å². The molecule has 0 radical (unpaired) electrons. The number of rotatable bonds is 4. The molecule has 0 bridgehead atoms. The Morgan fingerprint density at radius 2 is 1.96 bits per heavy atom. The number of amides is 1. The number of carbonyl (C=O) groups is 2. The van der Waals surface area contributed by atoms with E-state index in [0.717, 1.165) is 24.8 Å². The number of nitrogens with one attached hydrogen (secondary N) is 1. The third-order valence-electron chi connectivity index (χ3n) is 4.61.